The van der Waals surface area contributed by atoms with E-state index in [1.165, 1.54) is 24.2 Å². The summed E-state index contributed by atoms with van der Waals surface area (Å²) in [5.41, 5.74) is 0. The van der Waals surface area contributed by atoms with Crippen molar-refractivity contribution in [3.63, 3.8) is 0 Å². The number of hydrogen-bond donors (Lipinski definition) is 1. The number of rotatable bonds is 7. The molecule has 0 heterocycles. The number of carboxylic acid groups (broad SMARTS) is 1. The Morgan fingerprint density at radius 3 is 2.25 bits per heavy atom. The highest BCUT2D eigenvalue weighted by Crippen LogP contribution is 2.33. The second-order valence-corrected chi connectivity index (χ2v) is 6.31. The molecule has 1 rings (SSSR count). The van der Waals surface area contributed by atoms with E-state index in [4.69, 9.17) is 5.11 Å². The zero-order valence-corrected chi connectivity index (χ0v) is 13.1. The van der Waals surface area contributed by atoms with Crippen LogP contribution in [-0.2, 0) is 9.59 Å². The lowest BCUT2D eigenvalue weighted by atomic mass is 9.79. The topological polar surface area (TPSA) is 57.6 Å². The van der Waals surface area contributed by atoms with E-state index in [0.717, 1.165) is 31.6 Å². The Morgan fingerprint density at radius 1 is 1.20 bits per heavy atom. The van der Waals surface area contributed by atoms with Crippen molar-refractivity contribution in [3.05, 3.63) is 0 Å². The normalized spacial score (nSPS) is 22.8. The molecule has 0 aromatic heterocycles. The van der Waals surface area contributed by atoms with E-state index in [-0.39, 0.29) is 24.4 Å². The molecule has 1 saturated carbocycles. The zero-order valence-electron chi connectivity index (χ0n) is 13.1. The molecular formula is C16H29NO3. The number of unbranched alkanes of at least 4 members (excludes halogenated alkanes) is 1. The molecule has 20 heavy (non-hydrogen) atoms. The van der Waals surface area contributed by atoms with Crippen LogP contribution in [0.1, 0.15) is 65.7 Å². The summed E-state index contributed by atoms with van der Waals surface area (Å²) >= 11 is 0. The molecule has 0 radical (unpaired) electrons. The van der Waals surface area contributed by atoms with Gasteiger partial charge >= 0.3 is 5.97 Å². The molecule has 4 nitrogen and oxygen atoms in total. The molecule has 0 spiro atoms. The van der Waals surface area contributed by atoms with Crippen molar-refractivity contribution in [2.75, 3.05) is 6.54 Å². The van der Waals surface area contributed by atoms with Gasteiger partial charge in [-0.05, 0) is 45.4 Å². The van der Waals surface area contributed by atoms with E-state index in [1.54, 1.807) is 0 Å². The van der Waals surface area contributed by atoms with Gasteiger partial charge in [-0.15, -0.1) is 0 Å². The van der Waals surface area contributed by atoms with Gasteiger partial charge in [0.1, 0.15) is 6.54 Å². The summed E-state index contributed by atoms with van der Waals surface area (Å²) in [4.78, 5) is 24.8. The smallest absolute Gasteiger partial charge is 0.323 e. The van der Waals surface area contributed by atoms with Crippen molar-refractivity contribution in [2.45, 2.75) is 71.8 Å². The molecule has 0 atom stereocenters. The third-order valence-corrected chi connectivity index (χ3v) is 4.37. The predicted molar refractivity (Wildman–Crippen MR) is 79.5 cm³/mol. The van der Waals surface area contributed by atoms with Crippen LogP contribution in [0, 0.1) is 11.8 Å². The van der Waals surface area contributed by atoms with Crippen LogP contribution in [0.4, 0.5) is 0 Å². The SMILES string of the molecule is CCCCC1CCC(C(=O)N(CC(=O)O)C(C)C)CC1. The van der Waals surface area contributed by atoms with Crippen LogP contribution in [0.5, 0.6) is 0 Å². The number of carbonyl (C=O) groups is 2. The maximum absolute atomic E-state index is 12.5. The summed E-state index contributed by atoms with van der Waals surface area (Å²) in [7, 11) is 0. The van der Waals surface area contributed by atoms with Gasteiger partial charge in [0, 0.05) is 12.0 Å². The van der Waals surface area contributed by atoms with Crippen LogP contribution in [0.2, 0.25) is 0 Å². The first-order valence-corrected chi connectivity index (χ1v) is 7.98. The summed E-state index contributed by atoms with van der Waals surface area (Å²) in [6.07, 6.45) is 7.89. The van der Waals surface area contributed by atoms with E-state index >= 15 is 0 Å². The Labute approximate surface area is 122 Å². The molecule has 1 amide bonds. The molecule has 4 heteroatoms. The lowest BCUT2D eigenvalue weighted by molar-refractivity contribution is -0.148. The molecule has 1 N–H and O–H groups in total. The molecule has 0 aliphatic heterocycles. The van der Waals surface area contributed by atoms with E-state index in [9.17, 15) is 9.59 Å². The molecule has 1 aliphatic carbocycles. The first-order chi connectivity index (χ1) is 9.45. The van der Waals surface area contributed by atoms with Crippen LogP contribution in [-0.4, -0.2) is 34.5 Å². The second-order valence-electron chi connectivity index (χ2n) is 6.31. The van der Waals surface area contributed by atoms with Gasteiger partial charge in [0.25, 0.3) is 0 Å². The first-order valence-electron chi connectivity index (χ1n) is 7.98. The minimum Gasteiger partial charge on any atom is -0.480 e. The minimum absolute atomic E-state index is 0.0367. The van der Waals surface area contributed by atoms with Crippen molar-refractivity contribution in [1.82, 2.24) is 4.90 Å². The summed E-state index contributed by atoms with van der Waals surface area (Å²) in [6, 6.07) is -0.0450. The summed E-state index contributed by atoms with van der Waals surface area (Å²) in [5.74, 6) is -0.0828. The molecule has 116 valence electrons. The first kappa shape index (κ1) is 17.0. The van der Waals surface area contributed by atoms with Gasteiger partial charge < -0.3 is 10.0 Å². The van der Waals surface area contributed by atoms with E-state index < -0.39 is 5.97 Å². The van der Waals surface area contributed by atoms with Crippen LogP contribution < -0.4 is 0 Å². The van der Waals surface area contributed by atoms with Gasteiger partial charge in [0.05, 0.1) is 0 Å². The van der Waals surface area contributed by atoms with E-state index in [1.807, 2.05) is 13.8 Å². The Morgan fingerprint density at radius 2 is 1.80 bits per heavy atom. The Bertz CT molecular complexity index is 320. The highest BCUT2D eigenvalue weighted by molar-refractivity contribution is 5.83. The van der Waals surface area contributed by atoms with Crippen LogP contribution in [0.25, 0.3) is 0 Å². The van der Waals surface area contributed by atoms with E-state index in [2.05, 4.69) is 6.92 Å². The maximum atomic E-state index is 12.5. The highest BCUT2D eigenvalue weighted by Gasteiger charge is 2.31. The monoisotopic (exact) mass is 283 g/mol. The molecular weight excluding hydrogens is 254 g/mol. The summed E-state index contributed by atoms with van der Waals surface area (Å²) < 4.78 is 0. The van der Waals surface area contributed by atoms with Gasteiger partial charge in [-0.1, -0.05) is 26.2 Å². The fourth-order valence-electron chi connectivity index (χ4n) is 3.09. The fraction of sp³-hybridized carbons (Fsp3) is 0.875. The number of hydrogen-bond acceptors (Lipinski definition) is 2. The molecule has 1 fully saturated rings. The van der Waals surface area contributed by atoms with Gasteiger partial charge in [-0.3, -0.25) is 9.59 Å². The molecule has 0 aromatic rings. The lowest BCUT2D eigenvalue weighted by Gasteiger charge is -2.33. The summed E-state index contributed by atoms with van der Waals surface area (Å²) in [5, 5.41) is 8.93. The molecule has 0 aromatic carbocycles. The van der Waals surface area contributed by atoms with Crippen LogP contribution >= 0.6 is 0 Å². The number of nitrogens with zero attached hydrogens (tertiary/aromatic N) is 1. The molecule has 0 unspecified atom stereocenters. The quantitative estimate of drug-likeness (QED) is 0.780. The van der Waals surface area contributed by atoms with Crippen molar-refractivity contribution in [1.29, 1.82) is 0 Å². The number of aliphatic carboxylic acids is 1. The average molecular weight is 283 g/mol. The fourth-order valence-corrected chi connectivity index (χ4v) is 3.09. The van der Waals surface area contributed by atoms with Gasteiger partial charge in [-0.2, -0.15) is 0 Å². The lowest BCUT2D eigenvalue weighted by Crippen LogP contribution is -2.44. The Balaban J connectivity index is 2.49. The maximum Gasteiger partial charge on any atom is 0.323 e. The van der Waals surface area contributed by atoms with E-state index in [0.29, 0.717) is 0 Å². The number of carbonyl (C=O) groups excluding carboxylic acids is 1. The Hall–Kier alpha value is -1.06. The Kier molecular flexibility index (Phi) is 7.03. The number of amides is 1. The predicted octanol–water partition coefficient (Wildman–Crippen LogP) is 3.30. The summed E-state index contributed by atoms with van der Waals surface area (Å²) in [6.45, 7) is 5.80. The second kappa shape index (κ2) is 8.28. The minimum atomic E-state index is -0.927. The third-order valence-electron chi connectivity index (χ3n) is 4.37. The van der Waals surface area contributed by atoms with Gasteiger partial charge in [0.2, 0.25) is 5.91 Å². The van der Waals surface area contributed by atoms with Crippen molar-refractivity contribution < 1.29 is 14.7 Å². The van der Waals surface area contributed by atoms with Crippen LogP contribution in [0.3, 0.4) is 0 Å². The number of carboxylic acids is 1. The van der Waals surface area contributed by atoms with Crippen molar-refractivity contribution in [3.8, 4) is 0 Å². The third kappa shape index (κ3) is 5.14. The van der Waals surface area contributed by atoms with Gasteiger partial charge in [-0.25, -0.2) is 0 Å². The van der Waals surface area contributed by atoms with Crippen LogP contribution in [0.15, 0.2) is 0 Å². The zero-order chi connectivity index (χ0) is 15.1. The average Bonchev–Trinajstić information content (AvgIpc) is 2.42. The standard InChI is InChI=1S/C16H29NO3/c1-4-5-6-13-7-9-14(10-8-13)16(20)17(12(2)3)11-15(18)19/h12-14H,4-11H2,1-3H3,(H,18,19). The molecule has 0 saturated heterocycles. The molecule has 1 aliphatic rings. The van der Waals surface area contributed by atoms with Gasteiger partial charge in [0.15, 0.2) is 0 Å². The van der Waals surface area contributed by atoms with Crippen molar-refractivity contribution in [2.24, 2.45) is 11.8 Å². The van der Waals surface area contributed by atoms with Crippen molar-refractivity contribution >= 4 is 11.9 Å². The largest absolute Gasteiger partial charge is 0.480 e. The highest BCUT2D eigenvalue weighted by atomic mass is 16.4. The molecule has 0 bridgehead atoms.